The maximum absolute atomic E-state index is 9.77. The van der Waals surface area contributed by atoms with Crippen molar-refractivity contribution in [2.24, 2.45) is 5.41 Å². The lowest BCUT2D eigenvalue weighted by atomic mass is 9.63. The summed E-state index contributed by atoms with van der Waals surface area (Å²) in [7, 11) is 0. The highest BCUT2D eigenvalue weighted by Gasteiger charge is 2.49. The molecule has 0 aromatic carbocycles. The zero-order valence-corrected chi connectivity index (χ0v) is 13.5. The second-order valence-electron chi connectivity index (χ2n) is 7.96. The molecule has 3 aliphatic rings. The summed E-state index contributed by atoms with van der Waals surface area (Å²) < 4.78 is 17.8. The largest absolute Gasteiger partial charge is 0.388 e. The first-order chi connectivity index (χ1) is 9.91. The first kappa shape index (κ1) is 15.7. The Morgan fingerprint density at radius 1 is 1.10 bits per heavy atom. The van der Waals surface area contributed by atoms with Gasteiger partial charge in [0.05, 0.1) is 31.5 Å². The zero-order chi connectivity index (χ0) is 15.0. The second kappa shape index (κ2) is 5.80. The fraction of sp³-hybridized carbons (Fsp3) is 1.00. The van der Waals surface area contributed by atoms with Crippen LogP contribution in [-0.4, -0.2) is 42.4 Å². The third-order valence-electron chi connectivity index (χ3n) is 5.39. The van der Waals surface area contributed by atoms with Crippen LogP contribution in [0.4, 0.5) is 0 Å². The Morgan fingerprint density at radius 3 is 2.38 bits per heavy atom. The average molecular weight is 298 g/mol. The van der Waals surface area contributed by atoms with Crippen LogP contribution in [-0.2, 0) is 14.2 Å². The predicted molar refractivity (Wildman–Crippen MR) is 80.0 cm³/mol. The monoisotopic (exact) mass is 298 g/mol. The van der Waals surface area contributed by atoms with Gasteiger partial charge < -0.3 is 19.3 Å². The number of rotatable bonds is 3. The quantitative estimate of drug-likeness (QED) is 0.870. The summed E-state index contributed by atoms with van der Waals surface area (Å²) in [5.74, 6) is -0.265. The molecule has 0 unspecified atom stereocenters. The molecule has 0 aromatic rings. The minimum atomic E-state index is -0.727. The summed E-state index contributed by atoms with van der Waals surface area (Å²) in [5.41, 5.74) is -0.327. The third-order valence-corrected chi connectivity index (χ3v) is 5.39. The van der Waals surface area contributed by atoms with Gasteiger partial charge in [0.1, 0.15) is 0 Å². The van der Waals surface area contributed by atoms with E-state index in [1.807, 2.05) is 0 Å². The van der Waals surface area contributed by atoms with Crippen molar-refractivity contribution in [1.29, 1.82) is 0 Å². The summed E-state index contributed by atoms with van der Waals surface area (Å²) in [5, 5.41) is 9.77. The maximum atomic E-state index is 9.77. The number of aliphatic hydroxyl groups is 1. The topological polar surface area (TPSA) is 47.9 Å². The molecule has 0 amide bonds. The number of ether oxygens (including phenoxy) is 3. The SMILES string of the molecule is CC(C)(O)COC1CCC2(CCCC3(C2)OCCO3)CC1. The summed E-state index contributed by atoms with van der Waals surface area (Å²) in [6.07, 6.45) is 9.58. The molecule has 2 saturated carbocycles. The van der Waals surface area contributed by atoms with Crippen molar-refractivity contribution < 1.29 is 19.3 Å². The molecule has 2 aliphatic carbocycles. The van der Waals surface area contributed by atoms with Gasteiger partial charge in [0, 0.05) is 12.8 Å². The Morgan fingerprint density at radius 2 is 1.76 bits per heavy atom. The molecule has 3 fully saturated rings. The van der Waals surface area contributed by atoms with Gasteiger partial charge in [-0.3, -0.25) is 0 Å². The Kier molecular flexibility index (Phi) is 4.34. The van der Waals surface area contributed by atoms with E-state index in [2.05, 4.69) is 0 Å². The highest BCUT2D eigenvalue weighted by Crippen LogP contribution is 2.53. The second-order valence-corrected chi connectivity index (χ2v) is 7.96. The summed E-state index contributed by atoms with van der Waals surface area (Å²) in [6.45, 7) is 5.55. The van der Waals surface area contributed by atoms with Gasteiger partial charge in [-0.25, -0.2) is 0 Å². The van der Waals surface area contributed by atoms with Crippen molar-refractivity contribution in [3.63, 3.8) is 0 Å². The fourth-order valence-electron chi connectivity index (χ4n) is 4.34. The van der Waals surface area contributed by atoms with Crippen LogP contribution in [0.5, 0.6) is 0 Å². The minimum absolute atomic E-state index is 0.265. The molecule has 122 valence electrons. The van der Waals surface area contributed by atoms with Crippen molar-refractivity contribution in [3.8, 4) is 0 Å². The van der Waals surface area contributed by atoms with Crippen LogP contribution in [0.3, 0.4) is 0 Å². The highest BCUT2D eigenvalue weighted by atomic mass is 16.7. The van der Waals surface area contributed by atoms with Crippen molar-refractivity contribution in [2.75, 3.05) is 19.8 Å². The van der Waals surface area contributed by atoms with E-state index in [9.17, 15) is 5.11 Å². The molecular formula is C17H30O4. The highest BCUT2D eigenvalue weighted by molar-refractivity contribution is 4.95. The molecule has 1 N–H and O–H groups in total. The molecule has 21 heavy (non-hydrogen) atoms. The number of hydrogen-bond donors (Lipinski definition) is 1. The van der Waals surface area contributed by atoms with Gasteiger partial charge in [-0.15, -0.1) is 0 Å². The molecule has 2 spiro atoms. The van der Waals surface area contributed by atoms with E-state index in [0.717, 1.165) is 38.9 Å². The summed E-state index contributed by atoms with van der Waals surface area (Å²) in [6, 6.07) is 0. The van der Waals surface area contributed by atoms with Crippen molar-refractivity contribution in [3.05, 3.63) is 0 Å². The third kappa shape index (κ3) is 3.79. The van der Waals surface area contributed by atoms with Gasteiger partial charge in [-0.1, -0.05) is 0 Å². The normalized spacial score (nSPS) is 36.4. The molecule has 3 rings (SSSR count). The van der Waals surface area contributed by atoms with E-state index in [4.69, 9.17) is 14.2 Å². The Balaban J connectivity index is 1.52. The van der Waals surface area contributed by atoms with E-state index in [1.54, 1.807) is 13.8 Å². The minimum Gasteiger partial charge on any atom is -0.388 e. The summed E-state index contributed by atoms with van der Waals surface area (Å²) >= 11 is 0. The molecule has 4 nitrogen and oxygen atoms in total. The zero-order valence-electron chi connectivity index (χ0n) is 13.5. The van der Waals surface area contributed by atoms with Crippen LogP contribution in [0.2, 0.25) is 0 Å². The van der Waals surface area contributed by atoms with Crippen molar-refractivity contribution >= 4 is 0 Å². The molecule has 0 atom stereocenters. The van der Waals surface area contributed by atoms with Gasteiger partial charge in [0.25, 0.3) is 0 Å². The fourth-order valence-corrected chi connectivity index (χ4v) is 4.34. The molecule has 0 radical (unpaired) electrons. The molecule has 0 aromatic heterocycles. The molecule has 0 bridgehead atoms. The number of hydrogen-bond acceptors (Lipinski definition) is 4. The van der Waals surface area contributed by atoms with Crippen LogP contribution >= 0.6 is 0 Å². The van der Waals surface area contributed by atoms with Crippen molar-refractivity contribution in [2.45, 2.75) is 82.7 Å². The van der Waals surface area contributed by atoms with Gasteiger partial charge in [-0.2, -0.15) is 0 Å². The van der Waals surface area contributed by atoms with Crippen LogP contribution in [0.25, 0.3) is 0 Å². The lowest BCUT2D eigenvalue weighted by Gasteiger charge is -2.48. The van der Waals surface area contributed by atoms with Gasteiger partial charge in [-0.05, 0) is 57.8 Å². The smallest absolute Gasteiger partial charge is 0.169 e. The summed E-state index contributed by atoms with van der Waals surface area (Å²) in [4.78, 5) is 0. The lowest BCUT2D eigenvalue weighted by molar-refractivity contribution is -0.209. The van der Waals surface area contributed by atoms with Crippen LogP contribution in [0.1, 0.15) is 65.2 Å². The van der Waals surface area contributed by atoms with Crippen LogP contribution in [0, 0.1) is 5.41 Å². The predicted octanol–water partition coefficient (Wildman–Crippen LogP) is 3.02. The molecule has 1 heterocycles. The Hall–Kier alpha value is -0.160. The first-order valence-corrected chi connectivity index (χ1v) is 8.52. The molecule has 1 aliphatic heterocycles. The standard InChI is InChI=1S/C17H30O4/c1-15(2,18)13-19-14-4-8-16(9-5-14)6-3-7-17(12-16)20-10-11-21-17/h14,18H,3-13H2,1-2H3. The first-order valence-electron chi connectivity index (χ1n) is 8.52. The Bertz CT molecular complexity index is 346. The van der Waals surface area contributed by atoms with E-state index in [0.29, 0.717) is 18.1 Å². The van der Waals surface area contributed by atoms with Gasteiger partial charge >= 0.3 is 0 Å². The molecule has 4 heteroatoms. The maximum Gasteiger partial charge on any atom is 0.169 e. The van der Waals surface area contributed by atoms with Crippen LogP contribution < -0.4 is 0 Å². The lowest BCUT2D eigenvalue weighted by Crippen LogP contribution is -2.45. The van der Waals surface area contributed by atoms with E-state index >= 15 is 0 Å². The van der Waals surface area contributed by atoms with Crippen LogP contribution in [0.15, 0.2) is 0 Å². The Labute approximate surface area is 128 Å². The van der Waals surface area contributed by atoms with Crippen molar-refractivity contribution in [1.82, 2.24) is 0 Å². The van der Waals surface area contributed by atoms with E-state index in [-0.39, 0.29) is 5.79 Å². The molecular weight excluding hydrogens is 268 g/mol. The van der Waals surface area contributed by atoms with Gasteiger partial charge in [0.2, 0.25) is 0 Å². The van der Waals surface area contributed by atoms with E-state index < -0.39 is 5.60 Å². The average Bonchev–Trinajstić information content (AvgIpc) is 2.85. The molecule has 1 saturated heterocycles. The van der Waals surface area contributed by atoms with E-state index in [1.165, 1.54) is 25.7 Å². The van der Waals surface area contributed by atoms with Gasteiger partial charge in [0.15, 0.2) is 5.79 Å².